The van der Waals surface area contributed by atoms with Crippen LogP contribution < -0.4 is 9.47 Å². The van der Waals surface area contributed by atoms with Gasteiger partial charge >= 0.3 is 5.97 Å². The van der Waals surface area contributed by atoms with Crippen molar-refractivity contribution in [3.8, 4) is 17.2 Å². The van der Waals surface area contributed by atoms with Gasteiger partial charge in [0.05, 0.1) is 13.0 Å². The Balaban J connectivity index is 2.08. The maximum Gasteiger partial charge on any atom is 0.309 e. The van der Waals surface area contributed by atoms with E-state index in [1.807, 2.05) is 44.2 Å². The molecular weight excluding hydrogens is 398 g/mol. The average Bonchev–Trinajstić information content (AvgIpc) is 2.72. The molecule has 1 heterocycles. The standard InChI is InChI=1S/C24H31NO6/c1-15(2)22(30-17-10-8-7-9-11-17)24(4,5)31-23(28)16(3)14-18(26)20-21(27)19(29-6)12-13-25-20/h7-13,15-16,22,27H,14H2,1-6H3/t16?,22-/m1/s1. The minimum atomic E-state index is -0.936. The molecule has 0 spiro atoms. The van der Waals surface area contributed by atoms with Gasteiger partial charge in [0.25, 0.3) is 0 Å². The summed E-state index contributed by atoms with van der Waals surface area (Å²) in [6.45, 7) is 9.18. The van der Waals surface area contributed by atoms with E-state index in [1.54, 1.807) is 20.8 Å². The first-order valence-electron chi connectivity index (χ1n) is 10.3. The summed E-state index contributed by atoms with van der Waals surface area (Å²) in [7, 11) is 1.38. The number of nitrogens with zero attached hydrogens (tertiary/aromatic N) is 1. The number of aromatic hydroxyl groups is 1. The first kappa shape index (κ1) is 24.2. The predicted molar refractivity (Wildman–Crippen MR) is 116 cm³/mol. The summed E-state index contributed by atoms with van der Waals surface area (Å²) in [6.07, 6.45) is 0.812. The molecule has 0 aliphatic carbocycles. The number of ether oxygens (including phenoxy) is 3. The summed E-state index contributed by atoms with van der Waals surface area (Å²) in [5, 5.41) is 10.1. The van der Waals surface area contributed by atoms with Gasteiger partial charge in [-0.1, -0.05) is 39.0 Å². The Hall–Kier alpha value is -3.09. The van der Waals surface area contributed by atoms with Crippen molar-refractivity contribution in [1.29, 1.82) is 0 Å². The summed E-state index contributed by atoms with van der Waals surface area (Å²) in [4.78, 5) is 29.3. The van der Waals surface area contributed by atoms with Crippen molar-refractivity contribution >= 4 is 11.8 Å². The van der Waals surface area contributed by atoms with Crippen LogP contribution in [0.1, 0.15) is 51.5 Å². The average molecular weight is 430 g/mol. The topological polar surface area (TPSA) is 95.0 Å². The number of hydrogen-bond donors (Lipinski definition) is 1. The normalized spacial score (nSPS) is 13.4. The van der Waals surface area contributed by atoms with Gasteiger partial charge in [-0.15, -0.1) is 0 Å². The number of methoxy groups -OCH3 is 1. The maximum absolute atomic E-state index is 12.8. The zero-order valence-corrected chi connectivity index (χ0v) is 18.9. The van der Waals surface area contributed by atoms with E-state index >= 15 is 0 Å². The van der Waals surface area contributed by atoms with Crippen LogP contribution in [0.25, 0.3) is 0 Å². The molecule has 0 aliphatic heterocycles. The summed E-state index contributed by atoms with van der Waals surface area (Å²) in [5.74, 6) is -1.17. The molecule has 1 unspecified atom stereocenters. The monoisotopic (exact) mass is 429 g/mol. The quantitative estimate of drug-likeness (QED) is 0.441. The molecule has 31 heavy (non-hydrogen) atoms. The molecule has 0 radical (unpaired) electrons. The molecule has 0 amide bonds. The van der Waals surface area contributed by atoms with Crippen LogP contribution in [0.4, 0.5) is 0 Å². The third kappa shape index (κ3) is 6.20. The molecule has 1 aromatic heterocycles. The van der Waals surface area contributed by atoms with Gasteiger partial charge < -0.3 is 19.3 Å². The van der Waals surface area contributed by atoms with Crippen molar-refractivity contribution in [1.82, 2.24) is 4.98 Å². The Morgan fingerprint density at radius 3 is 2.32 bits per heavy atom. The van der Waals surface area contributed by atoms with Gasteiger partial charge in [0.1, 0.15) is 17.5 Å². The highest BCUT2D eigenvalue weighted by Gasteiger charge is 2.39. The van der Waals surface area contributed by atoms with Crippen molar-refractivity contribution < 1.29 is 28.9 Å². The zero-order valence-electron chi connectivity index (χ0n) is 18.9. The van der Waals surface area contributed by atoms with Crippen molar-refractivity contribution in [3.05, 3.63) is 48.3 Å². The highest BCUT2D eigenvalue weighted by molar-refractivity contribution is 5.99. The largest absolute Gasteiger partial charge is 0.503 e. The van der Waals surface area contributed by atoms with Gasteiger partial charge in [-0.25, -0.2) is 4.98 Å². The van der Waals surface area contributed by atoms with Crippen molar-refractivity contribution in [2.24, 2.45) is 11.8 Å². The van der Waals surface area contributed by atoms with Gasteiger partial charge in [-0.2, -0.15) is 0 Å². The fourth-order valence-corrected chi connectivity index (χ4v) is 3.41. The summed E-state index contributed by atoms with van der Waals surface area (Å²) in [5.41, 5.74) is -1.07. The number of benzene rings is 1. The highest BCUT2D eigenvalue weighted by atomic mass is 16.6. The minimum Gasteiger partial charge on any atom is -0.503 e. The lowest BCUT2D eigenvalue weighted by atomic mass is 9.91. The van der Waals surface area contributed by atoms with Crippen LogP contribution in [0.3, 0.4) is 0 Å². The summed E-state index contributed by atoms with van der Waals surface area (Å²) >= 11 is 0. The molecule has 2 rings (SSSR count). The van der Waals surface area contributed by atoms with Crippen LogP contribution in [-0.2, 0) is 9.53 Å². The third-order valence-electron chi connectivity index (χ3n) is 4.93. The molecule has 0 aliphatic rings. The van der Waals surface area contributed by atoms with Gasteiger partial charge in [-0.3, -0.25) is 9.59 Å². The van der Waals surface area contributed by atoms with Crippen LogP contribution in [0, 0.1) is 11.8 Å². The smallest absolute Gasteiger partial charge is 0.309 e. The molecule has 0 bridgehead atoms. The second-order valence-electron chi connectivity index (χ2n) is 8.36. The fraction of sp³-hybridized carbons (Fsp3) is 0.458. The van der Waals surface area contributed by atoms with Gasteiger partial charge in [0.2, 0.25) is 0 Å². The van der Waals surface area contributed by atoms with Crippen LogP contribution in [0.2, 0.25) is 0 Å². The summed E-state index contributed by atoms with van der Waals surface area (Å²) in [6, 6.07) is 10.8. The van der Waals surface area contributed by atoms with E-state index in [0.29, 0.717) is 5.75 Å². The third-order valence-corrected chi connectivity index (χ3v) is 4.93. The Labute approximate surface area is 183 Å². The number of pyridine rings is 1. The number of aromatic nitrogens is 1. The molecule has 2 atom stereocenters. The number of para-hydroxylation sites is 1. The van der Waals surface area contributed by atoms with Crippen molar-refractivity contribution in [3.63, 3.8) is 0 Å². The fourth-order valence-electron chi connectivity index (χ4n) is 3.41. The van der Waals surface area contributed by atoms with Crippen LogP contribution >= 0.6 is 0 Å². The van der Waals surface area contributed by atoms with E-state index in [9.17, 15) is 14.7 Å². The van der Waals surface area contributed by atoms with Crippen molar-refractivity contribution in [2.75, 3.05) is 7.11 Å². The van der Waals surface area contributed by atoms with Crippen LogP contribution in [-0.4, -0.2) is 40.7 Å². The second kappa shape index (κ2) is 10.3. The number of carbonyl (C=O) groups excluding carboxylic acids is 2. The number of Topliss-reactive ketones (excluding diaryl/α,β-unsaturated/α-hetero) is 1. The lowest BCUT2D eigenvalue weighted by Crippen LogP contribution is -2.48. The van der Waals surface area contributed by atoms with Crippen LogP contribution in [0.15, 0.2) is 42.6 Å². The van der Waals surface area contributed by atoms with E-state index in [-0.39, 0.29) is 29.5 Å². The predicted octanol–water partition coefficient (Wildman–Crippen LogP) is 4.43. The number of hydrogen-bond acceptors (Lipinski definition) is 7. The SMILES string of the molecule is COc1ccnc(C(=O)CC(C)C(=O)OC(C)(C)[C@H](Oc2ccccc2)C(C)C)c1O. The summed E-state index contributed by atoms with van der Waals surface area (Å²) < 4.78 is 16.9. The molecule has 1 aromatic carbocycles. The molecule has 168 valence electrons. The number of esters is 1. The first-order valence-corrected chi connectivity index (χ1v) is 10.3. The minimum absolute atomic E-state index is 0.0675. The lowest BCUT2D eigenvalue weighted by Gasteiger charge is -2.37. The maximum atomic E-state index is 12.8. The molecule has 0 saturated carbocycles. The Bertz CT molecular complexity index is 894. The Morgan fingerprint density at radius 2 is 1.74 bits per heavy atom. The lowest BCUT2D eigenvalue weighted by molar-refractivity contribution is -0.172. The van der Waals surface area contributed by atoms with Gasteiger partial charge in [0.15, 0.2) is 23.0 Å². The molecule has 1 N–H and O–H groups in total. The Morgan fingerprint density at radius 1 is 1.10 bits per heavy atom. The number of rotatable bonds is 10. The van der Waals surface area contributed by atoms with E-state index < -0.39 is 29.4 Å². The number of ketones is 1. The zero-order chi connectivity index (χ0) is 23.2. The Kier molecular flexibility index (Phi) is 8.02. The van der Waals surface area contributed by atoms with E-state index in [2.05, 4.69) is 4.98 Å². The molecule has 2 aromatic rings. The molecular formula is C24H31NO6. The molecule has 0 fully saturated rings. The highest BCUT2D eigenvalue weighted by Crippen LogP contribution is 2.30. The van der Waals surface area contributed by atoms with E-state index in [0.717, 1.165) is 0 Å². The first-order chi connectivity index (χ1) is 14.6. The molecule has 7 nitrogen and oxygen atoms in total. The molecule has 7 heteroatoms. The van der Waals surface area contributed by atoms with E-state index in [1.165, 1.54) is 19.4 Å². The van der Waals surface area contributed by atoms with Gasteiger partial charge in [-0.05, 0) is 31.9 Å². The van der Waals surface area contributed by atoms with Crippen molar-refractivity contribution in [2.45, 2.75) is 52.7 Å². The van der Waals surface area contributed by atoms with Crippen LogP contribution in [0.5, 0.6) is 17.2 Å². The van der Waals surface area contributed by atoms with E-state index in [4.69, 9.17) is 14.2 Å². The second-order valence-corrected chi connectivity index (χ2v) is 8.36. The number of carbonyl (C=O) groups is 2. The van der Waals surface area contributed by atoms with Gasteiger partial charge in [0, 0.05) is 18.7 Å². The molecule has 0 saturated heterocycles.